The van der Waals surface area contributed by atoms with Crippen LogP contribution < -0.4 is 9.64 Å². The number of fused-ring (bicyclic) bond motifs is 1. The van der Waals surface area contributed by atoms with Gasteiger partial charge in [-0.3, -0.25) is 19.4 Å². The number of hydrogen-bond donors (Lipinski definition) is 1. The van der Waals surface area contributed by atoms with Crippen molar-refractivity contribution in [3.63, 3.8) is 0 Å². The molecule has 0 radical (unpaired) electrons. The lowest BCUT2D eigenvalue weighted by atomic mass is 10.0. The summed E-state index contributed by atoms with van der Waals surface area (Å²) in [6, 6.07) is 7.40. The van der Waals surface area contributed by atoms with E-state index in [9.17, 15) is 23.9 Å². The third-order valence-electron chi connectivity index (χ3n) is 10.1. The number of pyridine rings is 1. The minimum Gasteiger partial charge on any atom is -0.474 e. The molecular formula is C35H47FN6O7. The molecule has 1 N–H and O–H groups in total. The predicted octanol–water partition coefficient (Wildman–Crippen LogP) is 2.56. The Hall–Kier alpha value is -3.85. The quantitative estimate of drug-likeness (QED) is 0.466. The number of carbonyl (C=O) groups is 3. The Morgan fingerprint density at radius 3 is 2.29 bits per heavy atom. The molecule has 5 atom stereocenters. The highest BCUT2D eigenvalue weighted by Gasteiger charge is 2.40. The normalized spacial score (nSPS) is 26.6. The molecular weight excluding hydrogens is 635 g/mol. The molecule has 1 aromatic carbocycles. The van der Waals surface area contributed by atoms with Gasteiger partial charge in [-0.05, 0) is 63.4 Å². The van der Waals surface area contributed by atoms with Gasteiger partial charge in [0.1, 0.15) is 23.8 Å². The van der Waals surface area contributed by atoms with E-state index in [-0.39, 0.29) is 79.1 Å². The van der Waals surface area contributed by atoms with Gasteiger partial charge in [-0.2, -0.15) is 0 Å². The van der Waals surface area contributed by atoms with Crippen molar-refractivity contribution in [2.75, 3.05) is 77.2 Å². The number of halogens is 1. The molecule has 3 saturated heterocycles. The van der Waals surface area contributed by atoms with Gasteiger partial charge in [0, 0.05) is 56.9 Å². The predicted molar refractivity (Wildman–Crippen MR) is 179 cm³/mol. The number of piperazine rings is 1. The Balaban J connectivity index is 1.30. The van der Waals surface area contributed by atoms with E-state index in [1.165, 1.54) is 17.0 Å². The zero-order valence-electron chi connectivity index (χ0n) is 28.7. The molecule has 6 rings (SSSR count). The van der Waals surface area contributed by atoms with Gasteiger partial charge in [-0.25, -0.2) is 14.2 Å². The lowest BCUT2D eigenvalue weighted by Gasteiger charge is -2.48. The van der Waals surface area contributed by atoms with Crippen LogP contribution in [0.15, 0.2) is 30.3 Å². The van der Waals surface area contributed by atoms with Gasteiger partial charge in [0.05, 0.1) is 39.0 Å². The topological polar surface area (TPSA) is 128 Å². The Morgan fingerprint density at radius 1 is 0.918 bits per heavy atom. The van der Waals surface area contributed by atoms with E-state index in [4.69, 9.17) is 19.2 Å². The SMILES string of the molecule is CC1COc2nc(C(=O)N3CCOCC3)c(Cc3ccc(F)cc3)cc2N1C(=O)CN1C[C@@H](C)N(C(=O)O)C[C@@H]1CN1[C@H](C)COC[C@H]1C. The number of morpholine rings is 2. The van der Waals surface area contributed by atoms with Crippen LogP contribution in [0.1, 0.15) is 49.3 Å². The molecule has 3 fully saturated rings. The molecule has 49 heavy (non-hydrogen) atoms. The second-order valence-electron chi connectivity index (χ2n) is 13.8. The highest BCUT2D eigenvalue weighted by molar-refractivity contribution is 5.99. The molecule has 0 spiro atoms. The summed E-state index contributed by atoms with van der Waals surface area (Å²) in [6.07, 6.45) is -0.667. The third kappa shape index (κ3) is 7.67. The third-order valence-corrected chi connectivity index (χ3v) is 10.1. The number of carboxylic acid groups (broad SMARTS) is 1. The van der Waals surface area contributed by atoms with E-state index >= 15 is 0 Å². The molecule has 4 aliphatic heterocycles. The van der Waals surface area contributed by atoms with E-state index in [2.05, 4.69) is 23.6 Å². The first-order valence-electron chi connectivity index (χ1n) is 17.2. The summed E-state index contributed by atoms with van der Waals surface area (Å²) in [7, 11) is 0. The standard InChI is InChI=1S/C35H47FN6O7/c1-22-15-39(29(17-41(22)35(45)46)16-40-23(2)19-48-20-24(40)3)18-31(43)42-25(4)21-49-33-30(42)14-27(13-26-5-7-28(36)8-6-26)32(37-33)34(44)38-9-11-47-12-10-38/h5-8,14,22-25,29H,9-13,15-21H2,1-4H3,(H,45,46)/t22-,23-,24-,25?,29+/m1/s1. The summed E-state index contributed by atoms with van der Waals surface area (Å²) in [5.41, 5.74) is 2.11. The van der Waals surface area contributed by atoms with Gasteiger partial charge < -0.3 is 34.0 Å². The maximum Gasteiger partial charge on any atom is 0.407 e. The van der Waals surface area contributed by atoms with Crippen molar-refractivity contribution in [2.24, 2.45) is 0 Å². The average molecular weight is 683 g/mol. The van der Waals surface area contributed by atoms with Crippen LogP contribution in [0.3, 0.4) is 0 Å². The molecule has 4 aliphatic rings. The molecule has 5 heterocycles. The van der Waals surface area contributed by atoms with E-state index in [0.717, 1.165) is 5.56 Å². The first kappa shape index (κ1) is 35.0. The molecule has 266 valence electrons. The van der Waals surface area contributed by atoms with Crippen molar-refractivity contribution in [3.8, 4) is 5.88 Å². The van der Waals surface area contributed by atoms with Gasteiger partial charge in [0.15, 0.2) is 0 Å². The van der Waals surface area contributed by atoms with Gasteiger partial charge >= 0.3 is 6.09 Å². The number of rotatable bonds is 7. The van der Waals surface area contributed by atoms with Crippen molar-refractivity contribution in [3.05, 3.63) is 53.0 Å². The lowest BCUT2D eigenvalue weighted by Crippen LogP contribution is -2.65. The second-order valence-corrected chi connectivity index (χ2v) is 13.8. The number of hydrogen-bond acceptors (Lipinski definition) is 9. The summed E-state index contributed by atoms with van der Waals surface area (Å²) in [5.74, 6) is -0.557. The van der Waals surface area contributed by atoms with Crippen LogP contribution >= 0.6 is 0 Å². The minimum absolute atomic E-state index is 0.0705. The Kier molecular flexibility index (Phi) is 10.7. The molecule has 0 saturated carbocycles. The fraction of sp³-hybridized carbons (Fsp3) is 0.600. The average Bonchev–Trinajstić information content (AvgIpc) is 3.08. The number of aromatic nitrogens is 1. The monoisotopic (exact) mass is 682 g/mol. The van der Waals surface area contributed by atoms with Gasteiger partial charge in [0.25, 0.3) is 5.91 Å². The Bertz CT molecular complexity index is 1510. The highest BCUT2D eigenvalue weighted by Crippen LogP contribution is 2.36. The molecule has 1 aromatic heterocycles. The van der Waals surface area contributed by atoms with Crippen LogP contribution in [0, 0.1) is 5.82 Å². The van der Waals surface area contributed by atoms with Crippen LogP contribution in [-0.2, 0) is 20.7 Å². The zero-order chi connectivity index (χ0) is 34.8. The van der Waals surface area contributed by atoms with Gasteiger partial charge in [-0.1, -0.05) is 12.1 Å². The summed E-state index contributed by atoms with van der Waals surface area (Å²) >= 11 is 0. The summed E-state index contributed by atoms with van der Waals surface area (Å²) in [5, 5.41) is 9.97. The second kappa shape index (κ2) is 15.0. The fourth-order valence-electron chi connectivity index (χ4n) is 7.39. The van der Waals surface area contributed by atoms with Crippen molar-refractivity contribution in [1.82, 2.24) is 24.6 Å². The summed E-state index contributed by atoms with van der Waals surface area (Å²) in [4.78, 5) is 54.4. The Morgan fingerprint density at radius 2 is 1.61 bits per heavy atom. The van der Waals surface area contributed by atoms with Crippen LogP contribution in [0.4, 0.5) is 14.9 Å². The molecule has 0 aliphatic carbocycles. The first-order chi connectivity index (χ1) is 23.5. The molecule has 3 amide bonds. The molecule has 1 unspecified atom stereocenters. The van der Waals surface area contributed by atoms with Crippen LogP contribution in [0.5, 0.6) is 5.88 Å². The van der Waals surface area contributed by atoms with E-state index in [1.54, 1.807) is 21.9 Å². The highest BCUT2D eigenvalue weighted by atomic mass is 19.1. The van der Waals surface area contributed by atoms with Crippen LogP contribution in [-0.4, -0.2) is 150 Å². The maximum absolute atomic E-state index is 14.4. The van der Waals surface area contributed by atoms with Gasteiger partial charge in [0.2, 0.25) is 11.8 Å². The first-order valence-corrected chi connectivity index (χ1v) is 17.2. The number of ether oxygens (including phenoxy) is 3. The van der Waals surface area contributed by atoms with E-state index < -0.39 is 6.09 Å². The number of benzene rings is 1. The molecule has 2 aromatic rings. The lowest BCUT2D eigenvalue weighted by molar-refractivity contribution is -0.122. The largest absolute Gasteiger partial charge is 0.474 e. The molecule has 0 bridgehead atoms. The fourth-order valence-corrected chi connectivity index (χ4v) is 7.39. The number of amides is 3. The minimum atomic E-state index is -0.968. The van der Waals surface area contributed by atoms with E-state index in [0.29, 0.717) is 70.3 Å². The smallest absolute Gasteiger partial charge is 0.407 e. The summed E-state index contributed by atoms with van der Waals surface area (Å²) < 4.78 is 31.0. The number of carbonyl (C=O) groups excluding carboxylic acids is 2. The van der Waals surface area contributed by atoms with Crippen molar-refractivity contribution >= 4 is 23.6 Å². The maximum atomic E-state index is 14.4. The van der Waals surface area contributed by atoms with Gasteiger partial charge in [-0.15, -0.1) is 0 Å². The Labute approximate surface area is 286 Å². The van der Waals surface area contributed by atoms with Crippen molar-refractivity contribution in [1.29, 1.82) is 0 Å². The zero-order valence-corrected chi connectivity index (χ0v) is 28.7. The summed E-state index contributed by atoms with van der Waals surface area (Å²) in [6.45, 7) is 12.5. The van der Waals surface area contributed by atoms with E-state index in [1.807, 2.05) is 19.9 Å². The number of anilines is 1. The number of nitrogens with zero attached hydrogens (tertiary/aromatic N) is 6. The van der Waals surface area contributed by atoms with Crippen LogP contribution in [0.25, 0.3) is 0 Å². The van der Waals surface area contributed by atoms with Crippen LogP contribution in [0.2, 0.25) is 0 Å². The van der Waals surface area contributed by atoms with Crippen molar-refractivity contribution < 1.29 is 38.1 Å². The van der Waals surface area contributed by atoms with Crippen molar-refractivity contribution in [2.45, 2.75) is 64.3 Å². The molecule has 13 nitrogen and oxygen atoms in total. The molecule has 14 heteroatoms.